The van der Waals surface area contributed by atoms with Crippen molar-refractivity contribution in [2.24, 2.45) is 0 Å². The van der Waals surface area contributed by atoms with Crippen LogP contribution in [-0.4, -0.2) is 10.5 Å². The molecule has 1 aromatic carbocycles. The highest BCUT2D eigenvalue weighted by Crippen LogP contribution is 2.13. The third-order valence-corrected chi connectivity index (χ3v) is 2.95. The summed E-state index contributed by atoms with van der Waals surface area (Å²) in [7, 11) is 0. The number of nitrogens with one attached hydrogen (secondary N) is 1. The van der Waals surface area contributed by atoms with Crippen LogP contribution in [0.15, 0.2) is 42.6 Å². The minimum Gasteiger partial charge on any atom is -0.473 e. The van der Waals surface area contributed by atoms with Crippen molar-refractivity contribution in [1.29, 1.82) is 0 Å². The van der Waals surface area contributed by atoms with Gasteiger partial charge in [0.15, 0.2) is 0 Å². The molecule has 4 heteroatoms. The maximum absolute atomic E-state index is 13.5. The van der Waals surface area contributed by atoms with E-state index in [1.165, 1.54) is 6.07 Å². The van der Waals surface area contributed by atoms with E-state index in [0.717, 1.165) is 12.1 Å². The summed E-state index contributed by atoms with van der Waals surface area (Å²) in [6, 6.07) is 10.3. The second kappa shape index (κ2) is 6.68. The fourth-order valence-electron chi connectivity index (χ4n) is 1.74. The molecule has 3 nitrogen and oxygen atoms in total. The van der Waals surface area contributed by atoms with Crippen LogP contribution in [0.25, 0.3) is 0 Å². The van der Waals surface area contributed by atoms with Crippen molar-refractivity contribution >= 4 is 0 Å². The molecule has 1 heterocycles. The van der Waals surface area contributed by atoms with Gasteiger partial charge in [-0.3, -0.25) is 0 Å². The Hall–Kier alpha value is -1.94. The van der Waals surface area contributed by atoms with Crippen LogP contribution in [0.2, 0.25) is 0 Å². The number of rotatable bonds is 5. The van der Waals surface area contributed by atoms with Crippen molar-refractivity contribution in [3.05, 3.63) is 59.5 Å². The summed E-state index contributed by atoms with van der Waals surface area (Å²) >= 11 is 0. The lowest BCUT2D eigenvalue weighted by atomic mass is 10.1. The molecule has 0 fully saturated rings. The van der Waals surface area contributed by atoms with Gasteiger partial charge in [0.2, 0.25) is 5.88 Å². The summed E-state index contributed by atoms with van der Waals surface area (Å²) in [5.74, 6) is 0.237. The van der Waals surface area contributed by atoms with Crippen LogP contribution in [0, 0.1) is 5.82 Å². The lowest BCUT2D eigenvalue weighted by Gasteiger charge is -2.20. The molecule has 0 amide bonds. The first-order valence-electron chi connectivity index (χ1n) is 7.00. The van der Waals surface area contributed by atoms with Gasteiger partial charge >= 0.3 is 0 Å². The number of hydrogen-bond acceptors (Lipinski definition) is 3. The largest absolute Gasteiger partial charge is 0.473 e. The van der Waals surface area contributed by atoms with E-state index in [0.29, 0.717) is 11.4 Å². The SMILES string of the molecule is CC(C)(C)NCc1ccc(OCc2ccccc2F)nc1. The number of benzene rings is 1. The molecule has 0 radical (unpaired) electrons. The standard InChI is InChI=1S/C17H21FN2O/c1-17(2,3)20-11-13-8-9-16(19-10-13)21-12-14-6-4-5-7-15(14)18/h4-10,20H,11-12H2,1-3H3. The Morgan fingerprint density at radius 2 is 1.90 bits per heavy atom. The quantitative estimate of drug-likeness (QED) is 0.911. The second-order valence-electron chi connectivity index (χ2n) is 5.99. The summed E-state index contributed by atoms with van der Waals surface area (Å²) in [5.41, 5.74) is 1.68. The number of ether oxygens (including phenoxy) is 1. The van der Waals surface area contributed by atoms with Gasteiger partial charge < -0.3 is 10.1 Å². The van der Waals surface area contributed by atoms with Crippen molar-refractivity contribution in [2.75, 3.05) is 0 Å². The Bertz CT molecular complexity index is 576. The molecule has 21 heavy (non-hydrogen) atoms. The van der Waals surface area contributed by atoms with Crippen molar-refractivity contribution < 1.29 is 9.13 Å². The van der Waals surface area contributed by atoms with Gasteiger partial charge in [-0.1, -0.05) is 24.3 Å². The number of nitrogens with zero attached hydrogens (tertiary/aromatic N) is 1. The smallest absolute Gasteiger partial charge is 0.213 e. The summed E-state index contributed by atoms with van der Waals surface area (Å²) < 4.78 is 19.0. The summed E-state index contributed by atoms with van der Waals surface area (Å²) in [4.78, 5) is 4.24. The summed E-state index contributed by atoms with van der Waals surface area (Å²) in [5, 5.41) is 3.39. The van der Waals surface area contributed by atoms with Crippen molar-refractivity contribution in [3.8, 4) is 5.88 Å². The van der Waals surface area contributed by atoms with Crippen LogP contribution >= 0.6 is 0 Å². The molecule has 0 bridgehead atoms. The molecule has 0 aliphatic heterocycles. The molecule has 112 valence electrons. The molecule has 0 aliphatic carbocycles. The minimum absolute atomic E-state index is 0.0695. The molecule has 0 saturated carbocycles. The Labute approximate surface area is 125 Å². The van der Waals surface area contributed by atoms with Crippen LogP contribution in [0.3, 0.4) is 0 Å². The van der Waals surface area contributed by atoms with Gasteiger partial charge in [0, 0.05) is 29.9 Å². The van der Waals surface area contributed by atoms with Gasteiger partial charge in [-0.2, -0.15) is 0 Å². The van der Waals surface area contributed by atoms with Gasteiger partial charge in [0.25, 0.3) is 0 Å². The Balaban J connectivity index is 1.89. The predicted molar refractivity (Wildman–Crippen MR) is 81.6 cm³/mol. The lowest BCUT2D eigenvalue weighted by molar-refractivity contribution is 0.288. The summed E-state index contributed by atoms with van der Waals surface area (Å²) in [6.07, 6.45) is 1.77. The highest BCUT2D eigenvalue weighted by molar-refractivity contribution is 5.20. The maximum atomic E-state index is 13.5. The highest BCUT2D eigenvalue weighted by Gasteiger charge is 2.08. The first-order valence-corrected chi connectivity index (χ1v) is 7.00. The highest BCUT2D eigenvalue weighted by atomic mass is 19.1. The van der Waals surface area contributed by atoms with E-state index in [1.54, 1.807) is 30.5 Å². The van der Waals surface area contributed by atoms with Gasteiger partial charge in [-0.25, -0.2) is 9.37 Å². The third-order valence-electron chi connectivity index (χ3n) is 2.95. The van der Waals surface area contributed by atoms with E-state index in [2.05, 4.69) is 31.1 Å². The zero-order valence-electron chi connectivity index (χ0n) is 12.7. The number of pyridine rings is 1. The van der Waals surface area contributed by atoms with Crippen LogP contribution in [0.4, 0.5) is 4.39 Å². The van der Waals surface area contributed by atoms with Crippen LogP contribution in [0.5, 0.6) is 5.88 Å². The second-order valence-corrected chi connectivity index (χ2v) is 5.99. The molecule has 1 N–H and O–H groups in total. The number of hydrogen-bond donors (Lipinski definition) is 1. The molecule has 2 rings (SSSR count). The van der Waals surface area contributed by atoms with E-state index in [1.807, 2.05) is 6.07 Å². The average Bonchev–Trinajstić information content (AvgIpc) is 2.45. The predicted octanol–water partition coefficient (Wildman–Crippen LogP) is 3.69. The average molecular weight is 288 g/mol. The van der Waals surface area contributed by atoms with Gasteiger partial charge in [0.1, 0.15) is 12.4 Å². The molecular weight excluding hydrogens is 267 g/mol. The normalized spacial score (nSPS) is 11.4. The number of aromatic nitrogens is 1. The molecule has 1 aromatic heterocycles. The molecule has 0 spiro atoms. The molecule has 2 aromatic rings. The zero-order valence-corrected chi connectivity index (χ0v) is 12.7. The zero-order chi connectivity index (χ0) is 15.3. The Morgan fingerprint density at radius 1 is 1.14 bits per heavy atom. The van der Waals surface area contributed by atoms with E-state index >= 15 is 0 Å². The van der Waals surface area contributed by atoms with Crippen LogP contribution < -0.4 is 10.1 Å². The van der Waals surface area contributed by atoms with Crippen molar-refractivity contribution in [1.82, 2.24) is 10.3 Å². The van der Waals surface area contributed by atoms with Crippen molar-refractivity contribution in [2.45, 2.75) is 39.5 Å². The summed E-state index contributed by atoms with van der Waals surface area (Å²) in [6.45, 7) is 7.29. The Morgan fingerprint density at radius 3 is 2.52 bits per heavy atom. The Kier molecular flexibility index (Phi) is 4.91. The fraction of sp³-hybridized carbons (Fsp3) is 0.353. The van der Waals surface area contributed by atoms with Crippen LogP contribution in [0.1, 0.15) is 31.9 Å². The molecule has 0 atom stereocenters. The topological polar surface area (TPSA) is 34.1 Å². The third kappa shape index (κ3) is 5.16. The minimum atomic E-state index is -0.261. The van der Waals surface area contributed by atoms with E-state index < -0.39 is 0 Å². The first kappa shape index (κ1) is 15.4. The van der Waals surface area contributed by atoms with Gasteiger partial charge in [-0.15, -0.1) is 0 Å². The van der Waals surface area contributed by atoms with Gasteiger partial charge in [0.05, 0.1) is 0 Å². The maximum Gasteiger partial charge on any atom is 0.213 e. The lowest BCUT2D eigenvalue weighted by Crippen LogP contribution is -2.35. The van der Waals surface area contributed by atoms with Gasteiger partial charge in [-0.05, 0) is 32.4 Å². The first-order chi connectivity index (χ1) is 9.94. The van der Waals surface area contributed by atoms with E-state index in [-0.39, 0.29) is 18.0 Å². The number of halogens is 1. The van der Waals surface area contributed by atoms with Crippen molar-refractivity contribution in [3.63, 3.8) is 0 Å². The molecule has 0 aliphatic rings. The monoisotopic (exact) mass is 288 g/mol. The molecule has 0 unspecified atom stereocenters. The van der Waals surface area contributed by atoms with E-state index in [9.17, 15) is 4.39 Å². The fourth-order valence-corrected chi connectivity index (χ4v) is 1.74. The van der Waals surface area contributed by atoms with Crippen LogP contribution in [-0.2, 0) is 13.2 Å². The van der Waals surface area contributed by atoms with E-state index in [4.69, 9.17) is 4.74 Å². The molecule has 0 saturated heterocycles. The molecular formula is C17H21FN2O.